The van der Waals surface area contributed by atoms with E-state index in [0.29, 0.717) is 43.0 Å². The molecule has 0 bridgehead atoms. The highest BCUT2D eigenvalue weighted by Crippen LogP contribution is 2.21. The van der Waals surface area contributed by atoms with Gasteiger partial charge in [-0.3, -0.25) is 18.8 Å². The largest absolute Gasteiger partial charge is 0.459 e. The fraction of sp³-hybridized carbons (Fsp3) is 0.333. The molecule has 3 aromatic heterocycles. The van der Waals surface area contributed by atoms with Gasteiger partial charge < -0.3 is 14.1 Å². The van der Waals surface area contributed by atoms with E-state index >= 15 is 0 Å². The number of likely N-dealkylation sites (tertiary alicyclic amines) is 1. The number of carbonyl (C=O) groups is 2. The zero-order valence-corrected chi connectivity index (χ0v) is 16.0. The van der Waals surface area contributed by atoms with Gasteiger partial charge in [0.25, 0.3) is 11.5 Å². The minimum Gasteiger partial charge on any atom is -0.459 e. The predicted octanol–water partition coefficient (Wildman–Crippen LogP) is 2.19. The zero-order valence-electron chi connectivity index (χ0n) is 16.0. The van der Waals surface area contributed by atoms with Crippen LogP contribution in [0, 0.1) is 12.8 Å². The van der Waals surface area contributed by atoms with Crippen molar-refractivity contribution in [2.75, 3.05) is 13.1 Å². The SMILES string of the molecule is Cc1cccc2nc(COC(=O)C3CCN(C(=O)c4ccco4)CC3)cc(=O)n12. The van der Waals surface area contributed by atoms with Gasteiger partial charge in [-0.05, 0) is 44.0 Å². The molecule has 29 heavy (non-hydrogen) atoms. The minimum absolute atomic E-state index is 0.0515. The summed E-state index contributed by atoms with van der Waals surface area (Å²) in [6.07, 6.45) is 2.52. The van der Waals surface area contributed by atoms with Gasteiger partial charge in [0.1, 0.15) is 12.3 Å². The number of hydrogen-bond acceptors (Lipinski definition) is 6. The van der Waals surface area contributed by atoms with E-state index in [-0.39, 0.29) is 30.0 Å². The maximum atomic E-state index is 12.4. The molecule has 150 valence electrons. The van der Waals surface area contributed by atoms with Crippen LogP contribution in [0.3, 0.4) is 0 Å². The number of ether oxygens (including phenoxy) is 1. The molecule has 1 amide bonds. The van der Waals surface area contributed by atoms with Gasteiger partial charge in [0.2, 0.25) is 0 Å². The number of amides is 1. The summed E-state index contributed by atoms with van der Waals surface area (Å²) in [5.74, 6) is -0.478. The first kappa shape index (κ1) is 18.9. The summed E-state index contributed by atoms with van der Waals surface area (Å²) in [4.78, 5) is 43.1. The van der Waals surface area contributed by atoms with Gasteiger partial charge >= 0.3 is 5.97 Å². The lowest BCUT2D eigenvalue weighted by molar-refractivity contribution is -0.151. The number of fused-ring (bicyclic) bond motifs is 1. The van der Waals surface area contributed by atoms with Crippen molar-refractivity contribution in [3.05, 3.63) is 70.2 Å². The van der Waals surface area contributed by atoms with Crippen molar-refractivity contribution in [1.29, 1.82) is 0 Å². The molecule has 0 unspecified atom stereocenters. The van der Waals surface area contributed by atoms with E-state index in [0.717, 1.165) is 5.69 Å². The average molecular weight is 395 g/mol. The van der Waals surface area contributed by atoms with Crippen LogP contribution in [0.2, 0.25) is 0 Å². The Morgan fingerprint density at radius 3 is 2.72 bits per heavy atom. The van der Waals surface area contributed by atoms with Gasteiger partial charge in [-0.2, -0.15) is 0 Å². The van der Waals surface area contributed by atoms with E-state index in [1.165, 1.54) is 16.7 Å². The number of piperidine rings is 1. The van der Waals surface area contributed by atoms with Gasteiger partial charge in [0, 0.05) is 24.8 Å². The third kappa shape index (κ3) is 3.91. The first-order valence-corrected chi connectivity index (χ1v) is 9.50. The van der Waals surface area contributed by atoms with Crippen molar-refractivity contribution >= 4 is 17.5 Å². The lowest BCUT2D eigenvalue weighted by atomic mass is 9.97. The van der Waals surface area contributed by atoms with E-state index in [2.05, 4.69) is 4.98 Å². The zero-order chi connectivity index (χ0) is 20.4. The summed E-state index contributed by atoms with van der Waals surface area (Å²) >= 11 is 0. The Balaban J connectivity index is 1.34. The summed E-state index contributed by atoms with van der Waals surface area (Å²) in [5, 5.41) is 0. The second kappa shape index (κ2) is 7.90. The number of furan rings is 1. The third-order valence-electron chi connectivity index (χ3n) is 5.14. The summed E-state index contributed by atoms with van der Waals surface area (Å²) in [6, 6.07) is 10.1. The lowest BCUT2D eigenvalue weighted by Crippen LogP contribution is -2.40. The fourth-order valence-electron chi connectivity index (χ4n) is 3.57. The summed E-state index contributed by atoms with van der Waals surface area (Å²) in [5.41, 5.74) is 1.52. The van der Waals surface area contributed by atoms with Gasteiger partial charge in [0.05, 0.1) is 17.9 Å². The first-order chi connectivity index (χ1) is 14.0. The van der Waals surface area contributed by atoms with E-state index < -0.39 is 0 Å². The lowest BCUT2D eigenvalue weighted by Gasteiger charge is -2.30. The Labute approximate surface area is 166 Å². The summed E-state index contributed by atoms with van der Waals surface area (Å²) in [6.45, 7) is 2.71. The molecule has 1 aliphatic rings. The second-order valence-corrected chi connectivity index (χ2v) is 7.10. The molecule has 0 radical (unpaired) electrons. The van der Waals surface area contributed by atoms with Crippen molar-refractivity contribution in [2.45, 2.75) is 26.4 Å². The molecule has 4 heterocycles. The smallest absolute Gasteiger partial charge is 0.309 e. The van der Waals surface area contributed by atoms with Gasteiger partial charge in [-0.15, -0.1) is 0 Å². The quantitative estimate of drug-likeness (QED) is 0.629. The van der Waals surface area contributed by atoms with Crippen LogP contribution in [0.25, 0.3) is 5.65 Å². The Bertz CT molecular complexity index is 1100. The standard InChI is InChI=1S/C21H21N3O5/c1-14-4-2-6-18-22-16(12-19(25)24(14)18)13-29-21(27)15-7-9-23(10-8-15)20(26)17-5-3-11-28-17/h2-6,11-12,15H,7-10,13H2,1H3. The van der Waals surface area contributed by atoms with Crippen LogP contribution in [0.1, 0.15) is 34.8 Å². The number of carbonyl (C=O) groups excluding carboxylic acids is 2. The fourth-order valence-corrected chi connectivity index (χ4v) is 3.57. The summed E-state index contributed by atoms with van der Waals surface area (Å²) in [7, 11) is 0. The molecule has 8 nitrogen and oxygen atoms in total. The van der Waals surface area contributed by atoms with Crippen LogP contribution in [0.15, 0.2) is 51.9 Å². The number of pyridine rings is 1. The van der Waals surface area contributed by atoms with Crippen LogP contribution < -0.4 is 5.56 Å². The second-order valence-electron chi connectivity index (χ2n) is 7.10. The molecule has 1 aliphatic heterocycles. The number of aromatic nitrogens is 2. The highest BCUT2D eigenvalue weighted by Gasteiger charge is 2.29. The van der Waals surface area contributed by atoms with Crippen molar-refractivity contribution < 1.29 is 18.7 Å². The highest BCUT2D eigenvalue weighted by atomic mass is 16.5. The molecule has 4 rings (SSSR count). The van der Waals surface area contributed by atoms with Gasteiger partial charge in [0.15, 0.2) is 5.76 Å². The van der Waals surface area contributed by atoms with Crippen molar-refractivity contribution in [1.82, 2.24) is 14.3 Å². The topological polar surface area (TPSA) is 94.1 Å². The normalized spacial score (nSPS) is 14.9. The number of aryl methyl sites for hydroxylation is 1. The first-order valence-electron chi connectivity index (χ1n) is 9.50. The predicted molar refractivity (Wildman–Crippen MR) is 103 cm³/mol. The van der Waals surface area contributed by atoms with Gasteiger partial charge in [-0.1, -0.05) is 6.07 Å². The van der Waals surface area contributed by atoms with Crippen LogP contribution in [-0.2, 0) is 16.1 Å². The molecule has 0 aliphatic carbocycles. The maximum absolute atomic E-state index is 12.4. The number of nitrogens with zero attached hydrogens (tertiary/aromatic N) is 3. The molecule has 0 atom stereocenters. The van der Waals surface area contributed by atoms with Crippen LogP contribution in [0.4, 0.5) is 0 Å². The Morgan fingerprint density at radius 1 is 1.21 bits per heavy atom. The van der Waals surface area contributed by atoms with Crippen molar-refractivity contribution in [3.8, 4) is 0 Å². The molecule has 0 N–H and O–H groups in total. The molecular formula is C21H21N3O5. The molecule has 3 aromatic rings. The van der Waals surface area contributed by atoms with Crippen molar-refractivity contribution in [3.63, 3.8) is 0 Å². The molecular weight excluding hydrogens is 374 g/mol. The third-order valence-corrected chi connectivity index (χ3v) is 5.14. The van der Waals surface area contributed by atoms with E-state index in [1.807, 2.05) is 19.1 Å². The molecule has 1 fully saturated rings. The Kier molecular flexibility index (Phi) is 5.16. The number of esters is 1. The molecule has 8 heteroatoms. The average Bonchev–Trinajstić information content (AvgIpc) is 3.26. The van der Waals surface area contributed by atoms with Crippen LogP contribution in [-0.4, -0.2) is 39.3 Å². The van der Waals surface area contributed by atoms with Gasteiger partial charge in [-0.25, -0.2) is 4.98 Å². The maximum Gasteiger partial charge on any atom is 0.309 e. The monoisotopic (exact) mass is 395 g/mol. The molecule has 0 spiro atoms. The summed E-state index contributed by atoms with van der Waals surface area (Å²) < 4.78 is 12.0. The Hall–Kier alpha value is -3.42. The van der Waals surface area contributed by atoms with Crippen LogP contribution >= 0.6 is 0 Å². The van der Waals surface area contributed by atoms with Crippen LogP contribution in [0.5, 0.6) is 0 Å². The minimum atomic E-state index is -0.332. The molecule has 0 aromatic carbocycles. The highest BCUT2D eigenvalue weighted by molar-refractivity contribution is 5.91. The van der Waals surface area contributed by atoms with Crippen molar-refractivity contribution in [2.24, 2.45) is 5.92 Å². The number of hydrogen-bond donors (Lipinski definition) is 0. The molecule has 0 saturated carbocycles. The Morgan fingerprint density at radius 2 is 2.00 bits per heavy atom. The van der Waals surface area contributed by atoms with E-state index in [1.54, 1.807) is 23.1 Å². The van der Waals surface area contributed by atoms with E-state index in [4.69, 9.17) is 9.15 Å². The number of rotatable bonds is 4. The molecule has 1 saturated heterocycles. The van der Waals surface area contributed by atoms with E-state index in [9.17, 15) is 14.4 Å².